The third-order valence-corrected chi connectivity index (χ3v) is 3.57. The highest BCUT2D eigenvalue weighted by Gasteiger charge is 2.22. The normalized spacial score (nSPS) is 13.9. The average molecular weight is 415 g/mol. The lowest BCUT2D eigenvalue weighted by atomic mass is 10.2. The molecule has 0 spiro atoms. The molecule has 10 nitrogen and oxygen atoms in total. The summed E-state index contributed by atoms with van der Waals surface area (Å²) in [6.45, 7) is 7.71. The molecule has 0 aliphatic carbocycles. The number of hydrogen-bond acceptors (Lipinski definition) is 8. The van der Waals surface area contributed by atoms with Crippen LogP contribution in [-0.4, -0.2) is 79.4 Å². The van der Waals surface area contributed by atoms with Crippen molar-refractivity contribution in [3.05, 3.63) is 12.2 Å². The monoisotopic (exact) mass is 415 g/mol. The summed E-state index contributed by atoms with van der Waals surface area (Å²) in [6.07, 6.45) is 3.22. The molecule has 0 aromatic carbocycles. The van der Waals surface area contributed by atoms with Crippen LogP contribution in [0.25, 0.3) is 0 Å². The van der Waals surface area contributed by atoms with E-state index in [1.807, 2.05) is 6.92 Å². The second-order valence-corrected chi connectivity index (χ2v) is 6.16. The number of rotatable bonds is 14. The Labute approximate surface area is 171 Å². The van der Waals surface area contributed by atoms with Crippen molar-refractivity contribution in [1.82, 2.24) is 15.5 Å². The number of carbonyl (C=O) groups is 4. The highest BCUT2D eigenvalue weighted by molar-refractivity contribution is 6.12. The van der Waals surface area contributed by atoms with Gasteiger partial charge in [-0.1, -0.05) is 0 Å². The van der Waals surface area contributed by atoms with Crippen molar-refractivity contribution in [2.75, 3.05) is 39.6 Å². The van der Waals surface area contributed by atoms with Crippen molar-refractivity contribution >= 4 is 23.5 Å². The zero-order chi connectivity index (χ0) is 22.1. The minimum Gasteiger partial charge on any atom is -0.396 e. The van der Waals surface area contributed by atoms with Gasteiger partial charge in [0.25, 0.3) is 11.8 Å². The molecule has 0 fully saturated rings. The minimum atomic E-state index is -0.340. The van der Waals surface area contributed by atoms with Gasteiger partial charge in [-0.25, -0.2) is 0 Å². The SMILES string of the molecule is CC(=O)CCCN1C(=O)C=CC1=O.CCOCNCCOC(C)NC(=O)CCO. The predicted molar refractivity (Wildman–Crippen MR) is 106 cm³/mol. The number of ketones is 1. The fourth-order valence-corrected chi connectivity index (χ4v) is 2.13. The van der Waals surface area contributed by atoms with Crippen molar-refractivity contribution in [2.24, 2.45) is 0 Å². The summed E-state index contributed by atoms with van der Waals surface area (Å²) in [7, 11) is 0. The van der Waals surface area contributed by atoms with Gasteiger partial charge in [0, 0.05) is 44.7 Å². The third kappa shape index (κ3) is 14.5. The van der Waals surface area contributed by atoms with Crippen molar-refractivity contribution in [3.63, 3.8) is 0 Å². The van der Waals surface area contributed by atoms with Crippen LogP contribution < -0.4 is 10.6 Å². The van der Waals surface area contributed by atoms with Crippen LogP contribution in [0.3, 0.4) is 0 Å². The molecule has 1 aliphatic rings. The number of imide groups is 1. The molecular formula is C19H33N3O7. The Morgan fingerprint density at radius 3 is 2.41 bits per heavy atom. The van der Waals surface area contributed by atoms with Gasteiger partial charge in [-0.3, -0.25) is 24.6 Å². The topological polar surface area (TPSA) is 134 Å². The summed E-state index contributed by atoms with van der Waals surface area (Å²) in [4.78, 5) is 44.7. The van der Waals surface area contributed by atoms with Crippen LogP contribution in [0.2, 0.25) is 0 Å². The molecule has 3 amide bonds. The number of Topliss-reactive ketones (excluding diaryl/α,β-unsaturated/α-hetero) is 1. The summed E-state index contributed by atoms with van der Waals surface area (Å²) >= 11 is 0. The van der Waals surface area contributed by atoms with Crippen LogP contribution in [0.1, 0.15) is 40.0 Å². The van der Waals surface area contributed by atoms with Gasteiger partial charge in [0.15, 0.2) is 0 Å². The van der Waals surface area contributed by atoms with Gasteiger partial charge in [-0.15, -0.1) is 0 Å². The highest BCUT2D eigenvalue weighted by Crippen LogP contribution is 2.05. The minimum absolute atomic E-state index is 0.0760. The van der Waals surface area contributed by atoms with Gasteiger partial charge in [-0.05, 0) is 27.2 Å². The number of aliphatic hydroxyl groups excluding tert-OH is 1. The quantitative estimate of drug-likeness (QED) is 0.200. The van der Waals surface area contributed by atoms with Gasteiger partial charge in [0.05, 0.1) is 19.9 Å². The Kier molecular flexibility index (Phi) is 15.5. The maximum atomic E-state index is 11.0. The fraction of sp³-hybridized carbons (Fsp3) is 0.684. The molecule has 3 N–H and O–H groups in total. The molecule has 166 valence electrons. The van der Waals surface area contributed by atoms with Crippen LogP contribution in [0.5, 0.6) is 0 Å². The molecule has 1 rings (SSSR count). The summed E-state index contributed by atoms with van der Waals surface area (Å²) in [5.74, 6) is -0.702. The van der Waals surface area contributed by atoms with E-state index >= 15 is 0 Å². The molecule has 1 atom stereocenters. The number of nitrogens with one attached hydrogen (secondary N) is 2. The summed E-state index contributed by atoms with van der Waals surface area (Å²) < 4.78 is 10.4. The Hall–Kier alpha value is -2.14. The van der Waals surface area contributed by atoms with E-state index in [0.717, 1.165) is 4.90 Å². The first-order chi connectivity index (χ1) is 13.8. The van der Waals surface area contributed by atoms with Crippen LogP contribution in [0.15, 0.2) is 12.2 Å². The smallest absolute Gasteiger partial charge is 0.253 e. The molecule has 0 bridgehead atoms. The number of carbonyl (C=O) groups excluding carboxylic acids is 4. The fourth-order valence-electron chi connectivity index (χ4n) is 2.13. The molecule has 1 unspecified atom stereocenters. The molecule has 0 aromatic heterocycles. The highest BCUT2D eigenvalue weighted by atomic mass is 16.5. The molecule has 10 heteroatoms. The standard InChI is InChI=1S/C10H22N2O4.C9H11NO3/c1-3-15-8-11-5-7-16-9(2)12-10(14)4-6-13;1-7(11)3-2-6-10-8(12)4-5-9(10)13/h9,11,13H,3-8H2,1-2H3,(H,12,14);4-5H,2-3,6H2,1H3. The van der Waals surface area contributed by atoms with E-state index in [1.54, 1.807) is 6.92 Å². The molecule has 1 aliphatic heterocycles. The third-order valence-electron chi connectivity index (χ3n) is 3.57. The molecule has 0 aromatic rings. The van der Waals surface area contributed by atoms with E-state index in [2.05, 4.69) is 10.6 Å². The Morgan fingerprint density at radius 2 is 1.86 bits per heavy atom. The van der Waals surface area contributed by atoms with Crippen molar-refractivity contribution < 1.29 is 33.8 Å². The lowest BCUT2D eigenvalue weighted by Gasteiger charge is -2.14. The molecule has 1 heterocycles. The Morgan fingerprint density at radius 1 is 1.21 bits per heavy atom. The van der Waals surface area contributed by atoms with Gasteiger partial charge in [-0.2, -0.15) is 0 Å². The van der Waals surface area contributed by atoms with Crippen LogP contribution >= 0.6 is 0 Å². The second kappa shape index (κ2) is 16.8. The first-order valence-electron chi connectivity index (χ1n) is 9.65. The van der Waals surface area contributed by atoms with E-state index in [0.29, 0.717) is 45.9 Å². The zero-order valence-corrected chi connectivity index (χ0v) is 17.4. The van der Waals surface area contributed by atoms with Crippen LogP contribution in [0.4, 0.5) is 0 Å². The van der Waals surface area contributed by atoms with E-state index in [1.165, 1.54) is 19.1 Å². The predicted octanol–water partition coefficient (Wildman–Crippen LogP) is -0.288. The molecule has 0 saturated heterocycles. The van der Waals surface area contributed by atoms with E-state index < -0.39 is 0 Å². The number of hydrogen-bond donors (Lipinski definition) is 3. The second-order valence-electron chi connectivity index (χ2n) is 6.16. The maximum Gasteiger partial charge on any atom is 0.253 e. The molecule has 0 saturated carbocycles. The number of nitrogens with zero attached hydrogens (tertiary/aromatic N) is 1. The summed E-state index contributed by atoms with van der Waals surface area (Å²) in [5.41, 5.74) is 0. The van der Waals surface area contributed by atoms with E-state index in [-0.39, 0.29) is 42.8 Å². The summed E-state index contributed by atoms with van der Waals surface area (Å²) in [6, 6.07) is 0. The van der Waals surface area contributed by atoms with E-state index in [9.17, 15) is 19.2 Å². The van der Waals surface area contributed by atoms with Crippen molar-refractivity contribution in [3.8, 4) is 0 Å². The number of ether oxygens (including phenoxy) is 2. The van der Waals surface area contributed by atoms with Crippen molar-refractivity contribution in [1.29, 1.82) is 0 Å². The summed E-state index contributed by atoms with van der Waals surface area (Å²) in [5, 5.41) is 14.1. The molecule has 29 heavy (non-hydrogen) atoms. The van der Waals surface area contributed by atoms with Crippen LogP contribution in [-0.2, 0) is 28.7 Å². The first-order valence-corrected chi connectivity index (χ1v) is 9.65. The van der Waals surface area contributed by atoms with E-state index in [4.69, 9.17) is 14.6 Å². The van der Waals surface area contributed by atoms with Gasteiger partial charge < -0.3 is 24.7 Å². The zero-order valence-electron chi connectivity index (χ0n) is 17.4. The Balaban J connectivity index is 0.000000551. The Bertz CT molecular complexity index is 534. The van der Waals surface area contributed by atoms with Gasteiger partial charge in [0.2, 0.25) is 5.91 Å². The molecular weight excluding hydrogens is 382 g/mol. The maximum absolute atomic E-state index is 11.0. The van der Waals surface area contributed by atoms with Crippen LogP contribution in [0, 0.1) is 0 Å². The lowest BCUT2D eigenvalue weighted by Crippen LogP contribution is -2.36. The molecule has 0 radical (unpaired) electrons. The van der Waals surface area contributed by atoms with Crippen molar-refractivity contribution in [2.45, 2.75) is 46.3 Å². The van der Waals surface area contributed by atoms with Gasteiger partial charge in [0.1, 0.15) is 12.0 Å². The largest absolute Gasteiger partial charge is 0.396 e. The first kappa shape index (κ1) is 26.9. The number of amides is 3. The average Bonchev–Trinajstić information content (AvgIpc) is 2.97. The lowest BCUT2D eigenvalue weighted by molar-refractivity contribution is -0.137. The van der Waals surface area contributed by atoms with Gasteiger partial charge >= 0.3 is 0 Å². The number of aliphatic hydroxyl groups is 1.